The van der Waals surface area contributed by atoms with Gasteiger partial charge in [0.2, 0.25) is 5.95 Å². The maximum Gasteiger partial charge on any atom is 0.254 e. The summed E-state index contributed by atoms with van der Waals surface area (Å²) in [7, 11) is 17.2. The van der Waals surface area contributed by atoms with Gasteiger partial charge in [-0.2, -0.15) is 4.98 Å². The minimum absolute atomic E-state index is 0.126. The summed E-state index contributed by atoms with van der Waals surface area (Å²) in [4.78, 5) is 20.2. The molecule has 1 fully saturated rings. The Morgan fingerprint density at radius 1 is 1.31 bits per heavy atom. The topological polar surface area (TPSA) is 113 Å². The number of nitrogens with one attached hydrogen (secondary N) is 2. The number of hydrogen-bond acceptors (Lipinski definition) is 6. The number of aliphatic hydroxyl groups excluding tert-OH is 1. The number of nitrogens with two attached hydrogens (primary N) is 1. The SMILES string of the molecule is [B]C([B])([B])C1CCC(Nc2nc(NC(C)(C)C)ncc2C(N)=O)CC1O. The smallest absolute Gasteiger partial charge is 0.254 e. The normalized spacial score (nSPS) is 24.1. The lowest BCUT2D eigenvalue weighted by molar-refractivity contribution is 0.0652. The molecule has 0 saturated heterocycles. The van der Waals surface area contributed by atoms with Crippen LogP contribution in [0.2, 0.25) is 5.11 Å². The molecule has 1 aromatic heterocycles. The average molecular weight is 351 g/mol. The fourth-order valence-corrected chi connectivity index (χ4v) is 3.12. The first-order valence-corrected chi connectivity index (χ1v) is 8.63. The summed E-state index contributed by atoms with van der Waals surface area (Å²) in [6.45, 7) is 5.92. The number of carbonyl (C=O) groups excluding carboxylic acids is 1. The van der Waals surface area contributed by atoms with Crippen LogP contribution in [0.15, 0.2) is 6.20 Å². The number of primary amides is 1. The summed E-state index contributed by atoms with van der Waals surface area (Å²) in [5, 5.41) is 15.2. The van der Waals surface area contributed by atoms with Crippen LogP contribution in [0, 0.1) is 5.92 Å². The molecule has 1 aromatic rings. The minimum atomic E-state index is -1.43. The summed E-state index contributed by atoms with van der Waals surface area (Å²) in [5.41, 5.74) is 5.37. The van der Waals surface area contributed by atoms with E-state index in [1.54, 1.807) is 0 Å². The van der Waals surface area contributed by atoms with Crippen molar-refractivity contribution in [2.24, 2.45) is 11.7 Å². The van der Waals surface area contributed by atoms with E-state index in [0.29, 0.717) is 31.0 Å². The molecule has 134 valence electrons. The highest BCUT2D eigenvalue weighted by molar-refractivity contribution is 6.59. The van der Waals surface area contributed by atoms with Crippen molar-refractivity contribution in [3.8, 4) is 0 Å². The number of amides is 1. The molecular weight excluding hydrogens is 327 g/mol. The Balaban J connectivity index is 2.17. The largest absolute Gasteiger partial charge is 0.393 e. The maximum atomic E-state index is 11.7. The van der Waals surface area contributed by atoms with Gasteiger partial charge < -0.3 is 21.5 Å². The standard InChI is InChI=1S/C16H24B3N5O2/c1-15(2,3)24-14-21-7-9(12(20)26)13(23-14)22-8-4-5-10(11(25)6-8)16(17,18)19/h7-8,10-11,25H,4-6H2,1-3H3,(H2,20,26)(H2,21,22,23,24). The van der Waals surface area contributed by atoms with Crippen molar-refractivity contribution in [3.05, 3.63) is 11.8 Å². The molecule has 3 atom stereocenters. The predicted molar refractivity (Wildman–Crippen MR) is 105 cm³/mol. The van der Waals surface area contributed by atoms with E-state index in [4.69, 9.17) is 29.3 Å². The molecule has 1 aliphatic rings. The Labute approximate surface area is 158 Å². The van der Waals surface area contributed by atoms with Crippen LogP contribution in [0.3, 0.4) is 0 Å². The molecule has 1 saturated carbocycles. The third-order valence-electron chi connectivity index (χ3n) is 4.34. The highest BCUT2D eigenvalue weighted by Gasteiger charge is 2.35. The van der Waals surface area contributed by atoms with Gasteiger partial charge in [0, 0.05) is 17.8 Å². The lowest BCUT2D eigenvalue weighted by Gasteiger charge is -2.42. The first-order chi connectivity index (χ1) is 11.9. The van der Waals surface area contributed by atoms with Gasteiger partial charge in [-0.1, -0.05) is 0 Å². The number of carbonyl (C=O) groups is 1. The number of aliphatic hydroxyl groups is 1. The molecule has 6 radical (unpaired) electrons. The van der Waals surface area contributed by atoms with E-state index in [1.807, 2.05) is 20.8 Å². The summed E-state index contributed by atoms with van der Waals surface area (Å²) >= 11 is 0. The van der Waals surface area contributed by atoms with E-state index >= 15 is 0 Å². The molecular formula is C16H24B3N5O2. The van der Waals surface area contributed by atoms with Crippen molar-refractivity contribution in [2.75, 3.05) is 10.6 Å². The van der Waals surface area contributed by atoms with Gasteiger partial charge in [0.25, 0.3) is 5.91 Å². The molecule has 1 heterocycles. The minimum Gasteiger partial charge on any atom is -0.393 e. The van der Waals surface area contributed by atoms with Gasteiger partial charge in [-0.3, -0.25) is 4.79 Å². The zero-order chi connectivity index (χ0) is 19.7. The molecule has 7 nitrogen and oxygen atoms in total. The monoisotopic (exact) mass is 351 g/mol. The Morgan fingerprint density at radius 3 is 2.46 bits per heavy atom. The zero-order valence-electron chi connectivity index (χ0n) is 15.5. The highest BCUT2D eigenvalue weighted by Crippen LogP contribution is 2.38. The summed E-state index contributed by atoms with van der Waals surface area (Å²) in [5.74, 6) is -0.327. The van der Waals surface area contributed by atoms with Crippen molar-refractivity contribution in [2.45, 2.75) is 62.8 Å². The second-order valence-corrected chi connectivity index (χ2v) is 8.02. The van der Waals surface area contributed by atoms with Gasteiger partial charge in [-0.15, -0.1) is 5.11 Å². The average Bonchev–Trinajstić information content (AvgIpc) is 2.44. The fourth-order valence-electron chi connectivity index (χ4n) is 3.12. The third-order valence-corrected chi connectivity index (χ3v) is 4.34. The van der Waals surface area contributed by atoms with Crippen LogP contribution < -0.4 is 16.4 Å². The van der Waals surface area contributed by atoms with Gasteiger partial charge in [-0.25, -0.2) is 4.98 Å². The molecule has 3 unspecified atom stereocenters. The number of hydrogen-bond donors (Lipinski definition) is 4. The molecule has 2 rings (SSSR count). The van der Waals surface area contributed by atoms with Gasteiger partial charge in [0.05, 0.1) is 35.2 Å². The van der Waals surface area contributed by atoms with E-state index in [1.165, 1.54) is 6.20 Å². The van der Waals surface area contributed by atoms with Gasteiger partial charge >= 0.3 is 0 Å². The van der Waals surface area contributed by atoms with Crippen LogP contribution in [-0.4, -0.2) is 62.2 Å². The second-order valence-electron chi connectivity index (χ2n) is 8.02. The first-order valence-electron chi connectivity index (χ1n) is 8.63. The van der Waals surface area contributed by atoms with Gasteiger partial charge in [0.15, 0.2) is 0 Å². The van der Waals surface area contributed by atoms with Crippen LogP contribution in [0.25, 0.3) is 0 Å². The molecule has 0 spiro atoms. The fraction of sp³-hybridized carbons (Fsp3) is 0.688. The summed E-state index contributed by atoms with van der Waals surface area (Å²) in [6.07, 6.45) is 2.22. The van der Waals surface area contributed by atoms with Gasteiger partial charge in [-0.05, 0) is 46.0 Å². The van der Waals surface area contributed by atoms with Crippen molar-refractivity contribution < 1.29 is 9.90 Å². The first kappa shape index (κ1) is 20.6. The summed E-state index contributed by atoms with van der Waals surface area (Å²) < 4.78 is 0. The van der Waals surface area contributed by atoms with Crippen molar-refractivity contribution in [1.29, 1.82) is 0 Å². The van der Waals surface area contributed by atoms with Crippen molar-refractivity contribution in [3.63, 3.8) is 0 Å². The quantitative estimate of drug-likeness (QED) is 0.568. The molecule has 1 amide bonds. The molecule has 0 aromatic carbocycles. The van der Waals surface area contributed by atoms with E-state index in [9.17, 15) is 9.90 Å². The van der Waals surface area contributed by atoms with E-state index in [-0.39, 0.29) is 17.1 Å². The second kappa shape index (κ2) is 7.51. The predicted octanol–water partition coefficient (Wildman–Crippen LogP) is 0.307. The van der Waals surface area contributed by atoms with Crippen LogP contribution in [0.4, 0.5) is 11.8 Å². The molecule has 10 heteroatoms. The zero-order valence-corrected chi connectivity index (χ0v) is 15.5. The number of anilines is 2. The Morgan fingerprint density at radius 2 is 1.96 bits per heavy atom. The van der Waals surface area contributed by atoms with Crippen LogP contribution in [-0.2, 0) is 0 Å². The van der Waals surface area contributed by atoms with E-state index in [2.05, 4.69) is 20.6 Å². The number of rotatable bonds is 5. The highest BCUT2D eigenvalue weighted by atomic mass is 16.3. The third kappa shape index (κ3) is 5.40. The number of nitrogens with zero attached hydrogens (tertiary/aromatic N) is 2. The van der Waals surface area contributed by atoms with Crippen molar-refractivity contribution in [1.82, 2.24) is 9.97 Å². The molecule has 5 N–H and O–H groups in total. The van der Waals surface area contributed by atoms with Gasteiger partial charge in [0.1, 0.15) is 5.82 Å². The van der Waals surface area contributed by atoms with Crippen molar-refractivity contribution >= 4 is 41.2 Å². The Hall–Kier alpha value is -1.70. The lowest BCUT2D eigenvalue weighted by Crippen LogP contribution is -2.43. The Kier molecular flexibility index (Phi) is 5.95. The number of aromatic nitrogens is 2. The maximum absolute atomic E-state index is 11.7. The lowest BCUT2D eigenvalue weighted by atomic mass is 9.36. The van der Waals surface area contributed by atoms with Crippen LogP contribution >= 0.6 is 0 Å². The van der Waals surface area contributed by atoms with Crippen LogP contribution in [0.5, 0.6) is 0 Å². The van der Waals surface area contributed by atoms with E-state index < -0.39 is 23.0 Å². The van der Waals surface area contributed by atoms with E-state index in [0.717, 1.165) is 0 Å². The molecule has 0 bridgehead atoms. The van der Waals surface area contributed by atoms with Crippen LogP contribution in [0.1, 0.15) is 50.4 Å². The Bertz CT molecular complexity index is 660. The summed E-state index contributed by atoms with van der Waals surface area (Å²) in [6, 6.07) is -0.126. The molecule has 0 aliphatic heterocycles. The molecule has 26 heavy (non-hydrogen) atoms. The molecule has 1 aliphatic carbocycles.